The molecule has 0 bridgehead atoms. The molecule has 0 aromatic heterocycles. The van der Waals surface area contributed by atoms with Crippen LogP contribution < -0.4 is 0 Å². The van der Waals surface area contributed by atoms with Gasteiger partial charge in [-0.15, -0.1) is 0 Å². The fourth-order valence-corrected chi connectivity index (χ4v) is 2.61. The van der Waals surface area contributed by atoms with Crippen LogP contribution in [0.2, 0.25) is 0 Å². The van der Waals surface area contributed by atoms with Crippen molar-refractivity contribution in [3.63, 3.8) is 0 Å². The quantitative estimate of drug-likeness (QED) is 0.886. The van der Waals surface area contributed by atoms with Gasteiger partial charge in [0, 0.05) is 19.6 Å². The standard InChI is InChI=1S/C15H21NO2/c1-11-3-5-13(6-4-11)7-8-16-9-12(2)14(10-16)15(17)18/h3-6,12,14H,7-10H2,1-2H3,(H,17,18)/t12-,14-/m1/s1. The zero-order valence-electron chi connectivity index (χ0n) is 11.1. The van der Waals surface area contributed by atoms with Gasteiger partial charge in [0.25, 0.3) is 0 Å². The molecule has 1 aliphatic rings. The summed E-state index contributed by atoms with van der Waals surface area (Å²) in [7, 11) is 0. The number of hydrogen-bond donors (Lipinski definition) is 1. The van der Waals surface area contributed by atoms with Gasteiger partial charge in [-0.05, 0) is 24.8 Å². The van der Waals surface area contributed by atoms with Crippen LogP contribution in [-0.2, 0) is 11.2 Å². The van der Waals surface area contributed by atoms with E-state index >= 15 is 0 Å². The summed E-state index contributed by atoms with van der Waals surface area (Å²) in [4.78, 5) is 13.3. The zero-order valence-corrected chi connectivity index (χ0v) is 11.1. The Labute approximate surface area is 108 Å². The molecule has 3 heteroatoms. The molecule has 3 nitrogen and oxygen atoms in total. The predicted molar refractivity (Wildman–Crippen MR) is 71.6 cm³/mol. The Balaban J connectivity index is 1.85. The highest BCUT2D eigenvalue weighted by molar-refractivity contribution is 5.71. The second-order valence-electron chi connectivity index (χ2n) is 5.42. The number of nitrogens with zero attached hydrogens (tertiary/aromatic N) is 1. The van der Waals surface area contributed by atoms with Gasteiger partial charge in [0.15, 0.2) is 0 Å². The first-order valence-electron chi connectivity index (χ1n) is 6.57. The molecule has 1 aromatic carbocycles. The smallest absolute Gasteiger partial charge is 0.308 e. The van der Waals surface area contributed by atoms with E-state index in [0.29, 0.717) is 6.54 Å². The van der Waals surface area contributed by atoms with Gasteiger partial charge in [0.2, 0.25) is 0 Å². The molecule has 1 aromatic rings. The maximum atomic E-state index is 11.0. The van der Waals surface area contributed by atoms with Crippen LogP contribution in [0.3, 0.4) is 0 Å². The lowest BCUT2D eigenvalue weighted by Crippen LogP contribution is -2.25. The fourth-order valence-electron chi connectivity index (χ4n) is 2.61. The number of aliphatic carboxylic acids is 1. The van der Waals surface area contributed by atoms with Crippen molar-refractivity contribution in [3.05, 3.63) is 35.4 Å². The summed E-state index contributed by atoms with van der Waals surface area (Å²) in [5.41, 5.74) is 2.60. The van der Waals surface area contributed by atoms with Crippen molar-refractivity contribution in [2.75, 3.05) is 19.6 Å². The number of benzene rings is 1. The molecular formula is C15H21NO2. The van der Waals surface area contributed by atoms with Crippen LogP contribution in [0.15, 0.2) is 24.3 Å². The summed E-state index contributed by atoms with van der Waals surface area (Å²) in [6.45, 7) is 6.68. The van der Waals surface area contributed by atoms with Gasteiger partial charge in [-0.25, -0.2) is 0 Å². The van der Waals surface area contributed by atoms with Crippen LogP contribution in [0, 0.1) is 18.8 Å². The first-order valence-corrected chi connectivity index (χ1v) is 6.57. The Morgan fingerprint density at radius 2 is 2.00 bits per heavy atom. The average molecular weight is 247 g/mol. The number of carboxylic acids is 1. The van der Waals surface area contributed by atoms with Gasteiger partial charge in [-0.3, -0.25) is 4.79 Å². The van der Waals surface area contributed by atoms with Gasteiger partial charge in [0.05, 0.1) is 5.92 Å². The lowest BCUT2D eigenvalue weighted by atomic mass is 9.99. The summed E-state index contributed by atoms with van der Waals surface area (Å²) in [5.74, 6) is -0.580. The van der Waals surface area contributed by atoms with E-state index in [0.717, 1.165) is 19.5 Å². The molecule has 0 aliphatic carbocycles. The van der Waals surface area contributed by atoms with Gasteiger partial charge in [-0.2, -0.15) is 0 Å². The fraction of sp³-hybridized carbons (Fsp3) is 0.533. The van der Waals surface area contributed by atoms with Crippen LogP contribution in [0.25, 0.3) is 0 Å². The first-order chi connectivity index (χ1) is 8.56. The molecule has 1 N–H and O–H groups in total. The highest BCUT2D eigenvalue weighted by atomic mass is 16.4. The van der Waals surface area contributed by atoms with Gasteiger partial charge in [-0.1, -0.05) is 36.8 Å². The van der Waals surface area contributed by atoms with Gasteiger partial charge < -0.3 is 10.0 Å². The van der Waals surface area contributed by atoms with Gasteiger partial charge in [0.1, 0.15) is 0 Å². The summed E-state index contributed by atoms with van der Waals surface area (Å²) in [6.07, 6.45) is 0.999. The van der Waals surface area contributed by atoms with Crippen molar-refractivity contribution in [2.24, 2.45) is 11.8 Å². The minimum absolute atomic E-state index is 0.192. The van der Waals surface area contributed by atoms with Gasteiger partial charge >= 0.3 is 5.97 Å². The number of hydrogen-bond acceptors (Lipinski definition) is 2. The Hall–Kier alpha value is -1.35. The molecular weight excluding hydrogens is 226 g/mol. The largest absolute Gasteiger partial charge is 0.481 e. The molecule has 2 atom stereocenters. The normalized spacial score (nSPS) is 24.3. The zero-order chi connectivity index (χ0) is 13.1. The SMILES string of the molecule is Cc1ccc(CCN2C[C@@H](C)[C@H](C(=O)O)C2)cc1. The monoisotopic (exact) mass is 247 g/mol. The van der Waals surface area contributed by atoms with E-state index in [9.17, 15) is 4.79 Å². The van der Waals surface area contributed by atoms with E-state index in [-0.39, 0.29) is 11.8 Å². The number of carboxylic acid groups (broad SMARTS) is 1. The molecule has 0 radical (unpaired) electrons. The summed E-state index contributed by atoms with van der Waals surface area (Å²) in [5, 5.41) is 9.09. The third-order valence-electron chi connectivity index (χ3n) is 3.84. The number of likely N-dealkylation sites (tertiary alicyclic amines) is 1. The van der Waals surface area contributed by atoms with E-state index in [4.69, 9.17) is 5.11 Å². The molecule has 0 saturated carbocycles. The molecule has 1 heterocycles. The van der Waals surface area contributed by atoms with Crippen molar-refractivity contribution in [1.29, 1.82) is 0 Å². The molecule has 0 spiro atoms. The van der Waals surface area contributed by atoms with E-state index < -0.39 is 5.97 Å². The minimum Gasteiger partial charge on any atom is -0.481 e. The van der Waals surface area contributed by atoms with Crippen molar-refractivity contribution >= 4 is 5.97 Å². The van der Waals surface area contributed by atoms with E-state index in [1.165, 1.54) is 11.1 Å². The molecule has 0 unspecified atom stereocenters. The third-order valence-corrected chi connectivity index (χ3v) is 3.84. The lowest BCUT2D eigenvalue weighted by Gasteiger charge is -2.15. The third kappa shape index (κ3) is 3.10. The minimum atomic E-state index is -0.652. The number of aryl methyl sites for hydroxylation is 1. The van der Waals surface area contributed by atoms with Crippen LogP contribution in [0.5, 0.6) is 0 Å². The molecule has 1 fully saturated rings. The van der Waals surface area contributed by atoms with Crippen molar-refractivity contribution in [3.8, 4) is 0 Å². The highest BCUT2D eigenvalue weighted by Gasteiger charge is 2.34. The molecule has 1 aliphatic heterocycles. The summed E-state index contributed by atoms with van der Waals surface area (Å²) < 4.78 is 0. The van der Waals surface area contributed by atoms with Crippen LogP contribution in [-0.4, -0.2) is 35.6 Å². The van der Waals surface area contributed by atoms with Crippen LogP contribution in [0.1, 0.15) is 18.1 Å². The van der Waals surface area contributed by atoms with E-state index in [1.807, 2.05) is 6.92 Å². The van der Waals surface area contributed by atoms with E-state index in [1.54, 1.807) is 0 Å². The van der Waals surface area contributed by atoms with Crippen molar-refractivity contribution < 1.29 is 9.90 Å². The first kappa shape index (κ1) is 13.1. The van der Waals surface area contributed by atoms with E-state index in [2.05, 4.69) is 36.1 Å². The Morgan fingerprint density at radius 1 is 1.33 bits per heavy atom. The van der Waals surface area contributed by atoms with Crippen molar-refractivity contribution in [1.82, 2.24) is 4.90 Å². The average Bonchev–Trinajstić information content (AvgIpc) is 2.70. The summed E-state index contributed by atoms with van der Waals surface area (Å²) in [6, 6.07) is 8.57. The molecule has 2 rings (SSSR count). The molecule has 98 valence electrons. The lowest BCUT2D eigenvalue weighted by molar-refractivity contribution is -0.142. The number of rotatable bonds is 4. The second kappa shape index (κ2) is 5.53. The van der Waals surface area contributed by atoms with Crippen LogP contribution in [0.4, 0.5) is 0 Å². The summed E-state index contributed by atoms with van der Waals surface area (Å²) >= 11 is 0. The Kier molecular flexibility index (Phi) is 4.02. The molecule has 18 heavy (non-hydrogen) atoms. The maximum Gasteiger partial charge on any atom is 0.308 e. The highest BCUT2D eigenvalue weighted by Crippen LogP contribution is 2.23. The predicted octanol–water partition coefficient (Wildman–Crippen LogP) is 2.19. The Bertz CT molecular complexity index is 413. The Morgan fingerprint density at radius 3 is 2.56 bits per heavy atom. The van der Waals surface area contributed by atoms with Crippen LogP contribution >= 0.6 is 0 Å². The topological polar surface area (TPSA) is 40.5 Å². The van der Waals surface area contributed by atoms with Crippen molar-refractivity contribution in [2.45, 2.75) is 20.3 Å². The molecule has 0 amide bonds. The number of carbonyl (C=O) groups is 1. The maximum absolute atomic E-state index is 11.0. The molecule has 1 saturated heterocycles. The second-order valence-corrected chi connectivity index (χ2v) is 5.42.